The normalized spacial score (nSPS) is 11.6. The second kappa shape index (κ2) is 11.8. The molecular formula is C48H38N2. The number of benzene rings is 9. The Hall–Kier alpha value is -6.12. The minimum atomic E-state index is 1.12. The van der Waals surface area contributed by atoms with Crippen molar-refractivity contribution in [1.29, 1.82) is 0 Å². The Morgan fingerprint density at radius 3 is 1.16 bits per heavy atom. The highest BCUT2D eigenvalue weighted by Gasteiger charge is 2.28. The lowest BCUT2D eigenvalue weighted by molar-refractivity contribution is 1.23. The fraction of sp³-hybridized carbons (Fsp3) is 0.0833. The Bertz CT molecular complexity index is 2560. The maximum Gasteiger partial charge on any atom is 0.0788 e. The molecule has 0 fully saturated rings. The van der Waals surface area contributed by atoms with Gasteiger partial charge < -0.3 is 9.80 Å². The maximum absolute atomic E-state index is 2.49. The Morgan fingerprint density at radius 2 is 0.700 bits per heavy atom. The molecule has 9 aromatic rings. The van der Waals surface area contributed by atoms with Crippen LogP contribution in [0.1, 0.15) is 22.3 Å². The summed E-state index contributed by atoms with van der Waals surface area (Å²) in [5.74, 6) is 0. The summed E-state index contributed by atoms with van der Waals surface area (Å²) in [5, 5.41) is 10.1. The monoisotopic (exact) mass is 642 g/mol. The summed E-state index contributed by atoms with van der Waals surface area (Å²) >= 11 is 0. The zero-order valence-corrected chi connectivity index (χ0v) is 28.9. The highest BCUT2D eigenvalue weighted by molar-refractivity contribution is 6.37. The second-order valence-electron chi connectivity index (χ2n) is 13.7. The van der Waals surface area contributed by atoms with E-state index in [4.69, 9.17) is 0 Å². The first-order valence-electron chi connectivity index (χ1n) is 17.4. The fourth-order valence-electron chi connectivity index (χ4n) is 7.70. The molecule has 0 saturated carbocycles. The van der Waals surface area contributed by atoms with Crippen LogP contribution in [0, 0.1) is 27.7 Å². The Kier molecular flexibility index (Phi) is 7.07. The van der Waals surface area contributed by atoms with Gasteiger partial charge in [0.2, 0.25) is 0 Å². The van der Waals surface area contributed by atoms with Crippen molar-refractivity contribution >= 4 is 77.2 Å². The molecule has 2 nitrogen and oxygen atoms in total. The lowest BCUT2D eigenvalue weighted by Gasteiger charge is -2.35. The van der Waals surface area contributed by atoms with Gasteiger partial charge in [-0.3, -0.25) is 0 Å². The molecule has 0 saturated heterocycles. The van der Waals surface area contributed by atoms with Gasteiger partial charge in [-0.25, -0.2) is 0 Å². The number of anilines is 6. The van der Waals surface area contributed by atoms with Crippen LogP contribution in [-0.2, 0) is 0 Å². The summed E-state index contributed by atoms with van der Waals surface area (Å²) in [6.45, 7) is 8.63. The summed E-state index contributed by atoms with van der Waals surface area (Å²) in [5.41, 5.74) is 11.7. The van der Waals surface area contributed by atoms with Crippen LogP contribution in [0.25, 0.3) is 43.1 Å². The minimum Gasteiger partial charge on any atom is -0.308 e. The van der Waals surface area contributed by atoms with E-state index in [0.717, 1.165) is 34.1 Å². The minimum absolute atomic E-state index is 1.12. The van der Waals surface area contributed by atoms with Crippen LogP contribution in [-0.4, -0.2) is 0 Å². The third-order valence-electron chi connectivity index (χ3n) is 10.2. The number of nitrogens with zero attached hydrogens (tertiary/aromatic N) is 2. The SMILES string of the molecule is Cc1ccc(N(c2ccc(C)cc2)c2cc3cccc4c5cccc6cccc(c(c2N(c2ccc(C)cc2)c2ccc(C)cc2)c34)c65)cc1. The van der Waals surface area contributed by atoms with Crippen molar-refractivity contribution in [2.45, 2.75) is 27.7 Å². The first-order chi connectivity index (χ1) is 24.4. The summed E-state index contributed by atoms with van der Waals surface area (Å²) in [4.78, 5) is 4.94. The number of hydrogen-bond donors (Lipinski definition) is 0. The molecule has 0 aromatic heterocycles. The van der Waals surface area contributed by atoms with Gasteiger partial charge in [-0.1, -0.05) is 125 Å². The highest BCUT2D eigenvalue weighted by Crippen LogP contribution is 2.54. The van der Waals surface area contributed by atoms with Crippen LogP contribution >= 0.6 is 0 Å². The van der Waals surface area contributed by atoms with Crippen molar-refractivity contribution in [3.05, 3.63) is 180 Å². The average molecular weight is 643 g/mol. The summed E-state index contributed by atoms with van der Waals surface area (Å²) in [6.07, 6.45) is 0. The van der Waals surface area contributed by atoms with Crippen molar-refractivity contribution in [2.24, 2.45) is 0 Å². The Balaban J connectivity index is 1.53. The summed E-state index contributed by atoms with van der Waals surface area (Å²) in [6, 6.07) is 58.6. The van der Waals surface area contributed by atoms with E-state index < -0.39 is 0 Å². The third-order valence-corrected chi connectivity index (χ3v) is 10.2. The first-order valence-corrected chi connectivity index (χ1v) is 17.4. The zero-order chi connectivity index (χ0) is 33.9. The molecule has 0 bridgehead atoms. The molecule has 0 aliphatic heterocycles. The Labute approximate surface area is 293 Å². The van der Waals surface area contributed by atoms with E-state index >= 15 is 0 Å². The van der Waals surface area contributed by atoms with E-state index in [1.807, 2.05) is 0 Å². The van der Waals surface area contributed by atoms with Gasteiger partial charge in [-0.2, -0.15) is 0 Å². The molecule has 0 aliphatic rings. The van der Waals surface area contributed by atoms with Crippen LogP contribution in [0.4, 0.5) is 34.1 Å². The van der Waals surface area contributed by atoms with Crippen molar-refractivity contribution in [3.63, 3.8) is 0 Å². The molecular weight excluding hydrogens is 605 g/mol. The van der Waals surface area contributed by atoms with E-state index in [2.05, 4.69) is 195 Å². The molecule has 0 heterocycles. The van der Waals surface area contributed by atoms with Gasteiger partial charge in [-0.15, -0.1) is 0 Å². The number of fused-ring (bicyclic) bond motifs is 2. The lowest BCUT2D eigenvalue weighted by Crippen LogP contribution is -2.18. The Morgan fingerprint density at radius 1 is 0.320 bits per heavy atom. The van der Waals surface area contributed by atoms with Crippen LogP contribution < -0.4 is 9.80 Å². The molecule has 9 rings (SSSR count). The predicted octanol–water partition coefficient (Wildman–Crippen LogP) is 13.9. The summed E-state index contributed by atoms with van der Waals surface area (Å²) in [7, 11) is 0. The van der Waals surface area contributed by atoms with E-state index in [1.54, 1.807) is 0 Å². The largest absolute Gasteiger partial charge is 0.308 e. The van der Waals surface area contributed by atoms with Crippen molar-refractivity contribution < 1.29 is 0 Å². The topological polar surface area (TPSA) is 6.48 Å². The molecule has 0 unspecified atom stereocenters. The van der Waals surface area contributed by atoms with Gasteiger partial charge in [0.05, 0.1) is 11.4 Å². The molecule has 0 spiro atoms. The van der Waals surface area contributed by atoms with E-state index in [9.17, 15) is 0 Å². The molecule has 0 radical (unpaired) electrons. The van der Waals surface area contributed by atoms with E-state index in [0.29, 0.717) is 0 Å². The van der Waals surface area contributed by atoms with E-state index in [1.165, 1.54) is 65.3 Å². The van der Waals surface area contributed by atoms with Crippen LogP contribution in [0.2, 0.25) is 0 Å². The highest BCUT2D eigenvalue weighted by atomic mass is 15.2. The number of hydrogen-bond acceptors (Lipinski definition) is 2. The zero-order valence-electron chi connectivity index (χ0n) is 28.9. The van der Waals surface area contributed by atoms with Crippen LogP contribution in [0.15, 0.2) is 158 Å². The second-order valence-corrected chi connectivity index (χ2v) is 13.7. The van der Waals surface area contributed by atoms with E-state index in [-0.39, 0.29) is 0 Å². The standard InChI is InChI=1S/C48H38N2/c1-31-14-22-37(23-15-31)49(38-24-16-32(2)17-25-38)44-30-36-10-7-12-42-41-11-5-8-35-9-6-13-43(45(35)41)47(46(36)42)48(44)50(39-26-18-33(3)19-27-39)40-28-20-34(4)21-29-40/h5-30H,1-4H3. The molecule has 240 valence electrons. The fourth-order valence-corrected chi connectivity index (χ4v) is 7.70. The van der Waals surface area contributed by atoms with Crippen molar-refractivity contribution in [3.8, 4) is 0 Å². The predicted molar refractivity (Wildman–Crippen MR) is 216 cm³/mol. The molecule has 50 heavy (non-hydrogen) atoms. The van der Waals surface area contributed by atoms with Crippen LogP contribution in [0.3, 0.4) is 0 Å². The van der Waals surface area contributed by atoms with Crippen molar-refractivity contribution in [2.75, 3.05) is 9.80 Å². The lowest BCUT2D eigenvalue weighted by atomic mass is 9.87. The van der Waals surface area contributed by atoms with Crippen LogP contribution in [0.5, 0.6) is 0 Å². The molecule has 9 aromatic carbocycles. The molecule has 0 aliphatic carbocycles. The number of aryl methyl sites for hydroxylation is 4. The van der Waals surface area contributed by atoms with Gasteiger partial charge in [0.15, 0.2) is 0 Å². The van der Waals surface area contributed by atoms with Gasteiger partial charge in [0.1, 0.15) is 0 Å². The maximum atomic E-state index is 2.49. The smallest absolute Gasteiger partial charge is 0.0788 e. The van der Waals surface area contributed by atoms with Gasteiger partial charge >= 0.3 is 0 Å². The third kappa shape index (κ3) is 4.87. The molecule has 0 atom stereocenters. The van der Waals surface area contributed by atoms with Gasteiger partial charge in [-0.05, 0) is 120 Å². The molecule has 2 heteroatoms. The quantitative estimate of drug-likeness (QED) is 0.132. The average Bonchev–Trinajstić information content (AvgIpc) is 3.14. The summed E-state index contributed by atoms with van der Waals surface area (Å²) < 4.78 is 0. The number of rotatable bonds is 6. The molecule has 0 N–H and O–H groups in total. The first kappa shape index (κ1) is 30.0. The molecule has 0 amide bonds. The van der Waals surface area contributed by atoms with Crippen molar-refractivity contribution in [1.82, 2.24) is 0 Å². The van der Waals surface area contributed by atoms with Gasteiger partial charge in [0, 0.05) is 28.1 Å². The van der Waals surface area contributed by atoms with Gasteiger partial charge in [0.25, 0.3) is 0 Å².